The Labute approximate surface area is 150 Å². The molecule has 1 aromatic carbocycles. The van der Waals surface area contributed by atoms with Gasteiger partial charge in [0.1, 0.15) is 11.4 Å². The normalized spacial score (nSPS) is 24.9. The van der Waals surface area contributed by atoms with E-state index in [1.165, 1.54) is 19.2 Å². The number of methoxy groups -OCH3 is 1. The van der Waals surface area contributed by atoms with Crippen LogP contribution in [0.2, 0.25) is 0 Å². The lowest BCUT2D eigenvalue weighted by atomic mass is 9.88. The van der Waals surface area contributed by atoms with Gasteiger partial charge in [-0.2, -0.15) is 0 Å². The van der Waals surface area contributed by atoms with E-state index in [1.807, 2.05) is 0 Å². The molecule has 140 valence electrons. The van der Waals surface area contributed by atoms with Crippen molar-refractivity contribution in [3.8, 4) is 5.75 Å². The zero-order valence-corrected chi connectivity index (χ0v) is 14.5. The first kappa shape index (κ1) is 17.8. The number of ether oxygens (including phenoxy) is 1. The molecule has 4 rings (SSSR count). The van der Waals surface area contributed by atoms with Crippen LogP contribution in [-0.2, 0) is 11.5 Å². The quantitative estimate of drug-likeness (QED) is 0.758. The van der Waals surface area contributed by atoms with Crippen molar-refractivity contribution < 1.29 is 32.5 Å². The molecule has 2 aliphatic carbocycles. The molecule has 8 heteroatoms. The molecule has 26 heavy (non-hydrogen) atoms. The highest BCUT2D eigenvalue weighted by molar-refractivity contribution is 7.12. The molecule has 1 saturated carbocycles. The number of aliphatic hydroxyl groups excluding tert-OH is 1. The molecule has 3 atom stereocenters. The van der Waals surface area contributed by atoms with Crippen molar-refractivity contribution in [1.82, 2.24) is 0 Å². The average molecular weight is 388 g/mol. The Morgan fingerprint density at radius 1 is 1.31 bits per heavy atom. The molecule has 1 unspecified atom stereocenters. The van der Waals surface area contributed by atoms with E-state index in [2.05, 4.69) is 0 Å². The Balaban J connectivity index is 1.90. The second kappa shape index (κ2) is 5.68. The summed E-state index contributed by atoms with van der Waals surface area (Å²) in [5.74, 6) is -4.35. The van der Waals surface area contributed by atoms with E-state index in [0.29, 0.717) is 17.1 Å². The molecule has 0 saturated heterocycles. The lowest BCUT2D eigenvalue weighted by Gasteiger charge is -2.27. The van der Waals surface area contributed by atoms with Crippen LogP contribution < -0.4 is 4.74 Å². The van der Waals surface area contributed by atoms with Crippen LogP contribution in [-0.4, -0.2) is 23.9 Å². The summed E-state index contributed by atoms with van der Waals surface area (Å²) in [6.07, 6.45) is -2.86. The van der Waals surface area contributed by atoms with Crippen molar-refractivity contribution in [3.63, 3.8) is 0 Å². The predicted molar refractivity (Wildman–Crippen MR) is 87.1 cm³/mol. The highest BCUT2D eigenvalue weighted by atomic mass is 32.1. The van der Waals surface area contributed by atoms with Crippen molar-refractivity contribution in [3.05, 3.63) is 50.7 Å². The first-order valence-corrected chi connectivity index (χ1v) is 8.88. The third kappa shape index (κ3) is 2.25. The maximum Gasteiger partial charge on any atom is 0.278 e. The van der Waals surface area contributed by atoms with E-state index >= 15 is 0 Å². The molecule has 2 N–H and O–H groups in total. The van der Waals surface area contributed by atoms with Gasteiger partial charge in [-0.1, -0.05) is 12.1 Å². The minimum Gasteiger partial charge on any atom is -0.497 e. The van der Waals surface area contributed by atoms with Gasteiger partial charge in [0.05, 0.1) is 18.6 Å². The lowest BCUT2D eigenvalue weighted by molar-refractivity contribution is -0.0253. The van der Waals surface area contributed by atoms with Crippen LogP contribution in [0, 0.1) is 5.92 Å². The fourth-order valence-electron chi connectivity index (χ4n) is 3.88. The van der Waals surface area contributed by atoms with Crippen molar-refractivity contribution in [2.24, 2.45) is 5.92 Å². The molecule has 2 aliphatic rings. The minimum absolute atomic E-state index is 0.0138. The molecular weight excluding hydrogens is 372 g/mol. The number of thiophene rings is 1. The Hall–Kier alpha value is -1.64. The van der Waals surface area contributed by atoms with Gasteiger partial charge in [-0.3, -0.25) is 0 Å². The predicted octanol–water partition coefficient (Wildman–Crippen LogP) is 4.13. The van der Waals surface area contributed by atoms with E-state index in [9.17, 15) is 27.8 Å². The second-order valence-electron chi connectivity index (χ2n) is 6.70. The van der Waals surface area contributed by atoms with Gasteiger partial charge in [0.2, 0.25) is 0 Å². The molecule has 1 aromatic heterocycles. The van der Waals surface area contributed by atoms with Crippen LogP contribution in [0.25, 0.3) is 0 Å². The molecule has 3 nitrogen and oxygen atoms in total. The summed E-state index contributed by atoms with van der Waals surface area (Å²) in [5.41, 5.74) is -2.35. The molecule has 0 aliphatic heterocycles. The summed E-state index contributed by atoms with van der Waals surface area (Å²) < 4.78 is 60.9. The van der Waals surface area contributed by atoms with Gasteiger partial charge < -0.3 is 14.9 Å². The number of aliphatic hydroxyl groups is 2. The summed E-state index contributed by atoms with van der Waals surface area (Å²) in [7, 11) is 1.46. The first-order valence-electron chi connectivity index (χ1n) is 8.07. The van der Waals surface area contributed by atoms with Crippen molar-refractivity contribution >= 4 is 11.3 Å². The molecule has 0 radical (unpaired) electrons. The fourth-order valence-corrected chi connectivity index (χ4v) is 5.25. The van der Waals surface area contributed by atoms with E-state index in [4.69, 9.17) is 4.74 Å². The molecular formula is C18H16F4O3S. The maximum absolute atomic E-state index is 14.5. The standard InChI is InChI=1S/C18H16F4O3S/c1-25-9-4-2-8(3-5-9)17(24,7-23)15-12-10-6-11(10)18(21,22)13(12)14(26-15)16(19)20/h2-5,10-11,16,23-24H,6-7H2,1H3/t10-,11+,17?/m1/s1. The zero-order valence-electron chi connectivity index (χ0n) is 13.7. The lowest BCUT2D eigenvalue weighted by Crippen LogP contribution is -2.31. The first-order chi connectivity index (χ1) is 12.3. The summed E-state index contributed by atoms with van der Waals surface area (Å²) in [4.78, 5) is -0.729. The van der Waals surface area contributed by atoms with E-state index in [0.717, 1.165) is 0 Å². The van der Waals surface area contributed by atoms with Gasteiger partial charge >= 0.3 is 0 Å². The van der Waals surface area contributed by atoms with Crippen molar-refractivity contribution in [2.75, 3.05) is 13.7 Å². The number of rotatable bonds is 5. The molecule has 0 spiro atoms. The van der Waals surface area contributed by atoms with Gasteiger partial charge in [-0.25, -0.2) is 17.6 Å². The third-order valence-electron chi connectivity index (χ3n) is 5.30. The number of hydrogen-bond acceptors (Lipinski definition) is 4. The number of hydrogen-bond donors (Lipinski definition) is 2. The van der Waals surface area contributed by atoms with Crippen LogP contribution in [0.4, 0.5) is 17.6 Å². The summed E-state index contributed by atoms with van der Waals surface area (Å²) in [6.45, 7) is -0.808. The largest absolute Gasteiger partial charge is 0.497 e. The van der Waals surface area contributed by atoms with Crippen LogP contribution in [0.1, 0.15) is 45.2 Å². The Kier molecular flexibility index (Phi) is 3.88. The van der Waals surface area contributed by atoms with Crippen LogP contribution >= 0.6 is 11.3 Å². The van der Waals surface area contributed by atoms with Gasteiger partial charge in [-0.15, -0.1) is 11.3 Å². The Morgan fingerprint density at radius 2 is 1.96 bits per heavy atom. The zero-order chi connectivity index (χ0) is 18.9. The highest BCUT2D eigenvalue weighted by Crippen LogP contribution is 2.71. The van der Waals surface area contributed by atoms with Crippen molar-refractivity contribution in [1.29, 1.82) is 0 Å². The van der Waals surface area contributed by atoms with E-state index in [1.54, 1.807) is 12.1 Å². The molecule has 1 fully saturated rings. The van der Waals surface area contributed by atoms with Gasteiger partial charge in [0.25, 0.3) is 12.3 Å². The van der Waals surface area contributed by atoms with Crippen LogP contribution in [0.5, 0.6) is 5.75 Å². The monoisotopic (exact) mass is 388 g/mol. The summed E-state index contributed by atoms with van der Waals surface area (Å²) in [5, 5.41) is 21.0. The molecule has 0 bridgehead atoms. The number of halogens is 4. The van der Waals surface area contributed by atoms with Gasteiger partial charge in [-0.05, 0) is 35.6 Å². The minimum atomic E-state index is -3.32. The van der Waals surface area contributed by atoms with Crippen LogP contribution in [0.15, 0.2) is 24.3 Å². The highest BCUT2D eigenvalue weighted by Gasteiger charge is 2.67. The summed E-state index contributed by atoms with van der Waals surface area (Å²) >= 11 is 0.468. The number of fused-ring (bicyclic) bond motifs is 3. The smallest absolute Gasteiger partial charge is 0.278 e. The van der Waals surface area contributed by atoms with E-state index < -0.39 is 46.8 Å². The van der Waals surface area contributed by atoms with Gasteiger partial charge in [0.15, 0.2) is 0 Å². The molecule has 2 aromatic rings. The molecule has 0 amide bonds. The Morgan fingerprint density at radius 3 is 2.50 bits per heavy atom. The average Bonchev–Trinajstić information content (AvgIpc) is 3.27. The topological polar surface area (TPSA) is 49.7 Å². The third-order valence-corrected chi connectivity index (χ3v) is 6.67. The number of alkyl halides is 4. The van der Waals surface area contributed by atoms with Crippen molar-refractivity contribution in [2.45, 2.75) is 30.3 Å². The maximum atomic E-state index is 14.5. The number of benzene rings is 1. The van der Waals surface area contributed by atoms with Crippen LogP contribution in [0.3, 0.4) is 0 Å². The Bertz CT molecular complexity index is 849. The van der Waals surface area contributed by atoms with E-state index in [-0.39, 0.29) is 22.4 Å². The SMILES string of the molecule is COc1ccc(C(O)(CO)c2sc(C(F)F)c3c2[C@@H]2C[C@@H]2C3(F)F)cc1. The molecule has 1 heterocycles. The second-order valence-corrected chi connectivity index (χ2v) is 7.76. The fraction of sp³-hybridized carbons (Fsp3) is 0.444. The summed E-state index contributed by atoms with van der Waals surface area (Å²) in [6, 6.07) is 6.07. The van der Waals surface area contributed by atoms with Gasteiger partial charge in [0, 0.05) is 16.4 Å².